The minimum atomic E-state index is -0.0597. The maximum absolute atomic E-state index is 12.2. The summed E-state index contributed by atoms with van der Waals surface area (Å²) in [5, 5.41) is 7.92. The minimum Gasteiger partial charge on any atom is -0.302 e. The average Bonchev–Trinajstić information content (AvgIpc) is 3.13. The normalized spacial score (nSPS) is 13.9. The van der Waals surface area contributed by atoms with Crippen LogP contribution in [0.4, 0.5) is 5.13 Å². The van der Waals surface area contributed by atoms with E-state index in [4.69, 9.17) is 0 Å². The summed E-state index contributed by atoms with van der Waals surface area (Å²) in [4.78, 5) is 17.8. The molecule has 1 amide bonds. The van der Waals surface area contributed by atoms with Crippen molar-refractivity contribution in [3.05, 3.63) is 58.9 Å². The molecule has 122 valence electrons. The van der Waals surface area contributed by atoms with Crippen LogP contribution in [0.3, 0.4) is 0 Å². The van der Waals surface area contributed by atoms with E-state index in [1.807, 2.05) is 37.5 Å². The van der Waals surface area contributed by atoms with Crippen LogP contribution in [0.25, 0.3) is 5.69 Å². The van der Waals surface area contributed by atoms with Gasteiger partial charge in [0.1, 0.15) is 0 Å². The van der Waals surface area contributed by atoms with E-state index in [2.05, 4.69) is 21.5 Å². The molecule has 0 spiro atoms. The van der Waals surface area contributed by atoms with E-state index in [1.54, 1.807) is 22.2 Å². The molecule has 6 heteroatoms. The van der Waals surface area contributed by atoms with Gasteiger partial charge >= 0.3 is 0 Å². The maximum Gasteiger partial charge on any atom is 0.230 e. The molecule has 0 radical (unpaired) electrons. The number of amides is 1. The molecule has 0 aliphatic heterocycles. The Bertz CT molecular complexity index is 879. The third-order valence-corrected chi connectivity index (χ3v) is 5.09. The lowest BCUT2D eigenvalue weighted by molar-refractivity contribution is -0.115. The number of aromatic nitrogens is 3. The predicted octanol–water partition coefficient (Wildman–Crippen LogP) is 3.70. The maximum atomic E-state index is 12.2. The molecule has 0 bridgehead atoms. The van der Waals surface area contributed by atoms with Gasteiger partial charge in [0.25, 0.3) is 0 Å². The van der Waals surface area contributed by atoms with Gasteiger partial charge in [0.15, 0.2) is 5.13 Å². The Kier molecular flexibility index (Phi) is 3.90. The highest BCUT2D eigenvalue weighted by Gasteiger charge is 2.25. The Morgan fingerprint density at radius 3 is 3.04 bits per heavy atom. The molecule has 1 saturated carbocycles. The van der Waals surface area contributed by atoms with Gasteiger partial charge in [-0.1, -0.05) is 12.1 Å². The predicted molar refractivity (Wildman–Crippen MR) is 94.7 cm³/mol. The number of hydrogen-bond donors (Lipinski definition) is 1. The molecule has 2 heterocycles. The van der Waals surface area contributed by atoms with Crippen molar-refractivity contribution in [2.45, 2.75) is 32.1 Å². The van der Waals surface area contributed by atoms with Gasteiger partial charge in [-0.3, -0.25) is 4.79 Å². The van der Waals surface area contributed by atoms with Gasteiger partial charge < -0.3 is 5.32 Å². The summed E-state index contributed by atoms with van der Waals surface area (Å²) in [7, 11) is 0. The van der Waals surface area contributed by atoms with Crippen LogP contribution in [0, 0.1) is 6.92 Å². The standard InChI is InChI=1S/C18H18N4OS/c1-12-3-2-4-15(7-12)22-11-13(9-20-22)8-17(23)21-18-19-10-16(24-18)14-5-6-14/h2-4,7,9-11,14H,5-6,8H2,1H3,(H,19,21,23). The summed E-state index contributed by atoms with van der Waals surface area (Å²) in [6, 6.07) is 8.11. The Morgan fingerprint density at radius 1 is 1.38 bits per heavy atom. The quantitative estimate of drug-likeness (QED) is 0.772. The number of thiazole rings is 1. The van der Waals surface area contributed by atoms with Gasteiger partial charge in [-0.15, -0.1) is 11.3 Å². The van der Waals surface area contributed by atoms with Crippen molar-refractivity contribution >= 4 is 22.4 Å². The number of hydrogen-bond acceptors (Lipinski definition) is 4. The Labute approximate surface area is 144 Å². The fourth-order valence-corrected chi connectivity index (χ4v) is 3.61. The second-order valence-corrected chi connectivity index (χ2v) is 7.26. The monoisotopic (exact) mass is 338 g/mol. The zero-order valence-corrected chi connectivity index (χ0v) is 14.2. The summed E-state index contributed by atoms with van der Waals surface area (Å²) in [5.41, 5.74) is 3.06. The van der Waals surface area contributed by atoms with E-state index in [-0.39, 0.29) is 5.91 Å². The van der Waals surface area contributed by atoms with Crippen LogP contribution >= 0.6 is 11.3 Å². The van der Waals surface area contributed by atoms with Crippen LogP contribution in [0.5, 0.6) is 0 Å². The third kappa shape index (κ3) is 3.38. The molecular weight excluding hydrogens is 320 g/mol. The highest BCUT2D eigenvalue weighted by atomic mass is 32.1. The molecule has 3 aromatic rings. The van der Waals surface area contributed by atoms with Crippen LogP contribution in [0.15, 0.2) is 42.9 Å². The van der Waals surface area contributed by atoms with Crippen molar-refractivity contribution in [2.75, 3.05) is 5.32 Å². The van der Waals surface area contributed by atoms with Gasteiger partial charge in [-0.05, 0) is 48.9 Å². The Hall–Kier alpha value is -2.47. The number of carbonyl (C=O) groups is 1. The van der Waals surface area contributed by atoms with E-state index in [9.17, 15) is 4.79 Å². The van der Waals surface area contributed by atoms with Crippen molar-refractivity contribution in [1.82, 2.24) is 14.8 Å². The van der Waals surface area contributed by atoms with Crippen molar-refractivity contribution < 1.29 is 4.79 Å². The van der Waals surface area contributed by atoms with Crippen molar-refractivity contribution in [3.8, 4) is 5.69 Å². The molecule has 5 nitrogen and oxygen atoms in total. The largest absolute Gasteiger partial charge is 0.302 e. The highest BCUT2D eigenvalue weighted by Crippen LogP contribution is 2.43. The van der Waals surface area contributed by atoms with Crippen LogP contribution in [0.1, 0.15) is 34.8 Å². The fraction of sp³-hybridized carbons (Fsp3) is 0.278. The molecule has 1 aliphatic carbocycles. The number of benzene rings is 1. The summed E-state index contributed by atoms with van der Waals surface area (Å²) in [5.74, 6) is 0.608. The first-order valence-electron chi connectivity index (χ1n) is 8.03. The van der Waals surface area contributed by atoms with E-state index < -0.39 is 0 Å². The first kappa shape index (κ1) is 15.1. The molecule has 1 N–H and O–H groups in total. The average molecular weight is 338 g/mol. The topological polar surface area (TPSA) is 59.8 Å². The van der Waals surface area contributed by atoms with Gasteiger partial charge in [-0.25, -0.2) is 9.67 Å². The summed E-state index contributed by atoms with van der Waals surface area (Å²) >= 11 is 1.58. The van der Waals surface area contributed by atoms with Crippen LogP contribution in [0.2, 0.25) is 0 Å². The number of nitrogens with zero attached hydrogens (tertiary/aromatic N) is 3. The fourth-order valence-electron chi connectivity index (χ4n) is 2.61. The number of aryl methyl sites for hydroxylation is 1. The van der Waals surface area contributed by atoms with Crippen molar-refractivity contribution in [3.63, 3.8) is 0 Å². The molecule has 0 atom stereocenters. The van der Waals surface area contributed by atoms with Gasteiger partial charge in [-0.2, -0.15) is 5.10 Å². The number of rotatable bonds is 5. The SMILES string of the molecule is Cc1cccc(-n2cc(CC(=O)Nc3ncc(C4CC4)s3)cn2)c1. The van der Waals surface area contributed by atoms with E-state index in [1.165, 1.54) is 23.3 Å². The van der Waals surface area contributed by atoms with Gasteiger partial charge in [0.05, 0.1) is 18.3 Å². The molecular formula is C18H18N4OS. The summed E-state index contributed by atoms with van der Waals surface area (Å²) in [6.07, 6.45) is 8.30. The van der Waals surface area contributed by atoms with Gasteiger partial charge in [0.2, 0.25) is 5.91 Å². The van der Waals surface area contributed by atoms with E-state index in [0.717, 1.165) is 11.3 Å². The number of carbonyl (C=O) groups excluding carboxylic acids is 1. The molecule has 1 fully saturated rings. The third-order valence-electron chi connectivity index (χ3n) is 4.02. The first-order chi connectivity index (χ1) is 11.7. The molecule has 0 saturated heterocycles. The zero-order chi connectivity index (χ0) is 16.5. The zero-order valence-electron chi connectivity index (χ0n) is 13.4. The van der Waals surface area contributed by atoms with Crippen molar-refractivity contribution in [1.29, 1.82) is 0 Å². The van der Waals surface area contributed by atoms with E-state index >= 15 is 0 Å². The molecule has 0 unspecified atom stereocenters. The number of anilines is 1. The lowest BCUT2D eigenvalue weighted by Crippen LogP contribution is -2.13. The molecule has 1 aliphatic rings. The van der Waals surface area contributed by atoms with E-state index in [0.29, 0.717) is 17.5 Å². The molecule has 4 rings (SSSR count). The second-order valence-electron chi connectivity index (χ2n) is 6.20. The lowest BCUT2D eigenvalue weighted by Gasteiger charge is -2.02. The second kappa shape index (κ2) is 6.20. The molecule has 2 aromatic heterocycles. The van der Waals surface area contributed by atoms with Crippen LogP contribution in [-0.2, 0) is 11.2 Å². The summed E-state index contributed by atoms with van der Waals surface area (Å²) < 4.78 is 1.80. The van der Waals surface area contributed by atoms with Crippen LogP contribution in [-0.4, -0.2) is 20.7 Å². The molecule has 24 heavy (non-hydrogen) atoms. The van der Waals surface area contributed by atoms with Gasteiger partial charge in [0, 0.05) is 17.3 Å². The molecule has 1 aromatic carbocycles. The lowest BCUT2D eigenvalue weighted by atomic mass is 10.2. The Morgan fingerprint density at radius 2 is 2.25 bits per heavy atom. The first-order valence-corrected chi connectivity index (χ1v) is 8.85. The van der Waals surface area contributed by atoms with Crippen LogP contribution < -0.4 is 5.32 Å². The Balaban J connectivity index is 1.40. The highest BCUT2D eigenvalue weighted by molar-refractivity contribution is 7.15. The minimum absolute atomic E-state index is 0.0597. The smallest absolute Gasteiger partial charge is 0.230 e. The number of nitrogens with one attached hydrogen (secondary N) is 1. The summed E-state index contributed by atoms with van der Waals surface area (Å²) in [6.45, 7) is 2.05. The van der Waals surface area contributed by atoms with Crippen molar-refractivity contribution in [2.24, 2.45) is 0 Å².